The monoisotopic (exact) mass is 389 g/mol. The van der Waals surface area contributed by atoms with Crippen LogP contribution < -0.4 is 9.64 Å². The lowest BCUT2D eigenvalue weighted by Crippen LogP contribution is -2.29. The lowest BCUT2D eigenvalue weighted by Gasteiger charge is -2.23. The van der Waals surface area contributed by atoms with E-state index in [4.69, 9.17) is 9.15 Å². The highest BCUT2D eigenvalue weighted by atomic mass is 16.5. The van der Waals surface area contributed by atoms with Gasteiger partial charge in [0.2, 0.25) is 0 Å². The number of methoxy groups -OCH3 is 1. The lowest BCUT2D eigenvalue weighted by atomic mass is 9.98. The molecule has 6 heteroatoms. The molecule has 1 amide bonds. The minimum atomic E-state index is -0.891. The molecule has 0 saturated carbocycles. The Morgan fingerprint density at radius 3 is 2.41 bits per heavy atom. The Morgan fingerprint density at radius 1 is 1.03 bits per heavy atom. The average molecular weight is 389 g/mol. The minimum absolute atomic E-state index is 0.0463. The number of hydrogen-bond donors (Lipinski definition) is 1. The zero-order valence-corrected chi connectivity index (χ0v) is 16.0. The van der Waals surface area contributed by atoms with Crippen molar-refractivity contribution in [2.45, 2.75) is 13.0 Å². The zero-order chi connectivity index (χ0) is 20.5. The molecule has 0 bridgehead atoms. The number of aliphatic hydroxyl groups excluding tert-OH is 1. The van der Waals surface area contributed by atoms with Crippen molar-refractivity contribution in [3.8, 4) is 5.75 Å². The molecule has 29 heavy (non-hydrogen) atoms. The van der Waals surface area contributed by atoms with Crippen molar-refractivity contribution in [3.05, 3.63) is 89.4 Å². The van der Waals surface area contributed by atoms with Crippen LogP contribution in [0, 0.1) is 6.92 Å². The normalized spacial score (nSPS) is 18.3. The quantitative estimate of drug-likeness (QED) is 0.410. The zero-order valence-electron chi connectivity index (χ0n) is 16.0. The number of furan rings is 1. The molecule has 1 N–H and O–H groups in total. The topological polar surface area (TPSA) is 80.0 Å². The average Bonchev–Trinajstić information content (AvgIpc) is 3.35. The summed E-state index contributed by atoms with van der Waals surface area (Å²) in [7, 11) is 1.47. The Morgan fingerprint density at radius 2 is 1.76 bits per heavy atom. The molecule has 4 rings (SSSR count). The molecule has 146 valence electrons. The van der Waals surface area contributed by atoms with E-state index in [9.17, 15) is 14.7 Å². The number of para-hydroxylation sites is 1. The van der Waals surface area contributed by atoms with Crippen molar-refractivity contribution in [1.29, 1.82) is 0 Å². The number of carbonyl (C=O) groups excluding carboxylic acids is 2. The van der Waals surface area contributed by atoms with Gasteiger partial charge < -0.3 is 14.3 Å². The van der Waals surface area contributed by atoms with Gasteiger partial charge in [-0.3, -0.25) is 14.5 Å². The summed E-state index contributed by atoms with van der Waals surface area (Å²) in [6.07, 6.45) is 1.47. The third kappa shape index (κ3) is 3.08. The van der Waals surface area contributed by atoms with Crippen LogP contribution in [0.3, 0.4) is 0 Å². The van der Waals surface area contributed by atoms with Crippen LogP contribution in [-0.4, -0.2) is 23.9 Å². The number of nitrogens with zero attached hydrogens (tertiary/aromatic N) is 1. The summed E-state index contributed by atoms with van der Waals surface area (Å²) in [6.45, 7) is 1.93. The number of ketones is 1. The van der Waals surface area contributed by atoms with Crippen molar-refractivity contribution >= 4 is 23.1 Å². The van der Waals surface area contributed by atoms with E-state index in [0.29, 0.717) is 22.8 Å². The third-order valence-electron chi connectivity index (χ3n) is 4.93. The standard InChI is InChI=1S/C23H19NO5/c1-14-9-11-15(12-10-14)24-20(18-8-5-13-29-18)19(22(26)23(24)27)21(25)16-6-3-4-7-17(16)28-2/h3-13,20,25H,1-2H3/b21-19-. The first kappa shape index (κ1) is 18.6. The van der Waals surface area contributed by atoms with Crippen LogP contribution in [0.2, 0.25) is 0 Å². The molecule has 1 atom stereocenters. The number of Topliss-reactive ketones (excluding diaryl/α,β-unsaturated/α-hetero) is 1. The summed E-state index contributed by atoms with van der Waals surface area (Å²) in [4.78, 5) is 27.3. The molecule has 1 unspecified atom stereocenters. The van der Waals surface area contributed by atoms with Gasteiger partial charge >= 0.3 is 0 Å². The van der Waals surface area contributed by atoms with Gasteiger partial charge in [0, 0.05) is 5.69 Å². The van der Waals surface area contributed by atoms with Crippen LogP contribution in [0.4, 0.5) is 5.69 Å². The maximum absolute atomic E-state index is 13.0. The molecule has 1 aliphatic rings. The van der Waals surface area contributed by atoms with Gasteiger partial charge in [-0.05, 0) is 43.3 Å². The summed E-state index contributed by atoms with van der Waals surface area (Å²) < 4.78 is 10.9. The van der Waals surface area contributed by atoms with Crippen LogP contribution in [0.15, 0.2) is 76.9 Å². The Hall–Kier alpha value is -3.80. The van der Waals surface area contributed by atoms with Gasteiger partial charge in [-0.2, -0.15) is 0 Å². The second-order valence-corrected chi connectivity index (χ2v) is 6.72. The molecule has 2 aromatic carbocycles. The molecule has 1 aromatic heterocycles. The van der Waals surface area contributed by atoms with Gasteiger partial charge in [0.15, 0.2) is 0 Å². The number of rotatable bonds is 4. The van der Waals surface area contributed by atoms with Crippen LogP contribution in [0.1, 0.15) is 22.9 Å². The van der Waals surface area contributed by atoms with Crippen molar-refractivity contribution in [2.24, 2.45) is 0 Å². The molecule has 6 nitrogen and oxygen atoms in total. The predicted octanol–water partition coefficient (Wildman–Crippen LogP) is 4.22. The highest BCUT2D eigenvalue weighted by molar-refractivity contribution is 6.51. The summed E-state index contributed by atoms with van der Waals surface area (Å²) in [5, 5.41) is 11.1. The molecule has 1 saturated heterocycles. The first-order valence-electron chi connectivity index (χ1n) is 9.07. The SMILES string of the molecule is COc1ccccc1/C(O)=C1/C(=O)C(=O)N(c2ccc(C)cc2)C1c1ccco1. The second-order valence-electron chi connectivity index (χ2n) is 6.72. The molecule has 2 heterocycles. The van der Waals surface area contributed by atoms with E-state index in [-0.39, 0.29) is 11.3 Å². The summed E-state index contributed by atoms with van der Waals surface area (Å²) in [6, 6.07) is 16.5. The molecular formula is C23H19NO5. The third-order valence-corrected chi connectivity index (χ3v) is 4.93. The number of anilines is 1. The molecule has 0 aliphatic carbocycles. The summed E-state index contributed by atoms with van der Waals surface area (Å²) >= 11 is 0. The van der Waals surface area contributed by atoms with E-state index >= 15 is 0 Å². The molecule has 1 aliphatic heterocycles. The molecule has 0 radical (unpaired) electrons. The van der Waals surface area contributed by atoms with Crippen LogP contribution in [0.5, 0.6) is 5.75 Å². The fourth-order valence-corrected chi connectivity index (χ4v) is 3.51. The first-order chi connectivity index (χ1) is 14.0. The predicted molar refractivity (Wildman–Crippen MR) is 108 cm³/mol. The number of hydrogen-bond acceptors (Lipinski definition) is 5. The smallest absolute Gasteiger partial charge is 0.300 e. The van der Waals surface area contributed by atoms with Gasteiger partial charge in [0.25, 0.3) is 11.7 Å². The Labute approximate surface area is 167 Å². The summed E-state index contributed by atoms with van der Waals surface area (Å²) in [5.41, 5.74) is 1.84. The van der Waals surface area contributed by atoms with E-state index in [1.807, 2.05) is 19.1 Å². The number of amides is 1. The number of carbonyl (C=O) groups is 2. The number of benzene rings is 2. The Bertz CT molecular complexity index is 1100. The first-order valence-corrected chi connectivity index (χ1v) is 9.07. The maximum Gasteiger partial charge on any atom is 0.300 e. The molecule has 1 fully saturated rings. The van der Waals surface area contributed by atoms with Gasteiger partial charge in [-0.15, -0.1) is 0 Å². The van der Waals surface area contributed by atoms with Crippen LogP contribution >= 0.6 is 0 Å². The van der Waals surface area contributed by atoms with Crippen molar-refractivity contribution in [1.82, 2.24) is 0 Å². The Balaban J connectivity index is 1.94. The Kier molecular flexibility index (Phi) is 4.68. The maximum atomic E-state index is 13.0. The van der Waals surface area contributed by atoms with E-state index in [1.165, 1.54) is 18.3 Å². The largest absolute Gasteiger partial charge is 0.507 e. The van der Waals surface area contributed by atoms with Crippen LogP contribution in [-0.2, 0) is 9.59 Å². The van der Waals surface area contributed by atoms with E-state index < -0.39 is 17.7 Å². The highest BCUT2D eigenvalue weighted by Gasteiger charge is 2.48. The van der Waals surface area contributed by atoms with Gasteiger partial charge in [0.05, 0.1) is 24.5 Å². The van der Waals surface area contributed by atoms with E-state index in [1.54, 1.807) is 48.5 Å². The van der Waals surface area contributed by atoms with Crippen LogP contribution in [0.25, 0.3) is 5.76 Å². The molecule has 0 spiro atoms. The fraction of sp³-hybridized carbons (Fsp3) is 0.130. The van der Waals surface area contributed by atoms with E-state index in [2.05, 4.69) is 0 Å². The van der Waals surface area contributed by atoms with Crippen molar-refractivity contribution < 1.29 is 23.8 Å². The van der Waals surface area contributed by atoms with Crippen molar-refractivity contribution in [3.63, 3.8) is 0 Å². The minimum Gasteiger partial charge on any atom is -0.507 e. The summed E-state index contributed by atoms with van der Waals surface area (Å²) in [5.74, 6) is -1.05. The number of ether oxygens (including phenoxy) is 1. The van der Waals surface area contributed by atoms with E-state index in [0.717, 1.165) is 5.56 Å². The van der Waals surface area contributed by atoms with Gasteiger partial charge in [-0.25, -0.2) is 0 Å². The lowest BCUT2D eigenvalue weighted by molar-refractivity contribution is -0.132. The second kappa shape index (κ2) is 7.31. The van der Waals surface area contributed by atoms with Crippen molar-refractivity contribution in [2.75, 3.05) is 12.0 Å². The fourth-order valence-electron chi connectivity index (χ4n) is 3.51. The number of aryl methyl sites for hydroxylation is 1. The highest BCUT2D eigenvalue weighted by Crippen LogP contribution is 2.43. The van der Waals surface area contributed by atoms with Gasteiger partial charge in [0.1, 0.15) is 23.3 Å². The number of aliphatic hydroxyl groups is 1. The van der Waals surface area contributed by atoms with Gasteiger partial charge in [-0.1, -0.05) is 29.8 Å². The molecule has 3 aromatic rings. The molecular weight excluding hydrogens is 370 g/mol.